The maximum absolute atomic E-state index is 5.49. The van der Waals surface area contributed by atoms with Gasteiger partial charge in [-0.1, -0.05) is 0 Å². The molecule has 90 valence electrons. The average Bonchev–Trinajstić information content (AvgIpc) is 2.35. The highest BCUT2D eigenvalue weighted by atomic mass is 32.1. The zero-order valence-electron chi connectivity index (χ0n) is 9.40. The van der Waals surface area contributed by atoms with Crippen LogP contribution in [0.1, 0.15) is 12.5 Å². The Hall–Kier alpha value is -1.82. The lowest BCUT2D eigenvalue weighted by atomic mass is 10.1. The van der Waals surface area contributed by atoms with Crippen molar-refractivity contribution in [2.24, 2.45) is 10.8 Å². The summed E-state index contributed by atoms with van der Waals surface area (Å²) < 4.78 is 10.9. The van der Waals surface area contributed by atoms with Crippen LogP contribution in [0.3, 0.4) is 0 Å². The van der Waals surface area contributed by atoms with Crippen molar-refractivity contribution in [2.45, 2.75) is 6.92 Å². The van der Waals surface area contributed by atoms with Crippen molar-refractivity contribution in [3.05, 3.63) is 23.8 Å². The summed E-state index contributed by atoms with van der Waals surface area (Å²) in [4.78, 5) is 0. The first kappa shape index (κ1) is 11.7. The van der Waals surface area contributed by atoms with Crippen LogP contribution in [-0.2, 0) is 0 Å². The Bertz CT molecular complexity index is 474. The molecule has 0 saturated heterocycles. The third-order valence-corrected chi connectivity index (χ3v) is 2.39. The predicted octanol–water partition coefficient (Wildman–Crippen LogP) is 1.02. The van der Waals surface area contributed by atoms with Gasteiger partial charge in [0, 0.05) is 5.56 Å². The van der Waals surface area contributed by atoms with Gasteiger partial charge in [-0.25, -0.2) is 0 Å². The summed E-state index contributed by atoms with van der Waals surface area (Å²) >= 11 is 4.68. The number of hydrogen-bond donors (Lipinski definition) is 2. The van der Waals surface area contributed by atoms with Gasteiger partial charge in [0.2, 0.25) is 0 Å². The van der Waals surface area contributed by atoms with E-state index in [0.717, 1.165) is 22.8 Å². The summed E-state index contributed by atoms with van der Waals surface area (Å²) in [5.74, 6) is 1.49. The largest absolute Gasteiger partial charge is 0.486 e. The minimum Gasteiger partial charge on any atom is -0.486 e. The molecule has 5 nitrogen and oxygen atoms in total. The molecule has 3 N–H and O–H groups in total. The molecule has 6 heteroatoms. The molecule has 0 spiro atoms. The first-order valence-electron chi connectivity index (χ1n) is 5.16. The molecule has 0 unspecified atom stereocenters. The zero-order valence-corrected chi connectivity index (χ0v) is 10.2. The van der Waals surface area contributed by atoms with E-state index in [1.165, 1.54) is 0 Å². The van der Waals surface area contributed by atoms with Crippen LogP contribution in [0, 0.1) is 0 Å². The second-order valence-electron chi connectivity index (χ2n) is 3.53. The van der Waals surface area contributed by atoms with Crippen LogP contribution in [0.5, 0.6) is 11.5 Å². The molecule has 1 aromatic rings. The fraction of sp³-hybridized carbons (Fsp3) is 0.273. The van der Waals surface area contributed by atoms with Gasteiger partial charge in [0.15, 0.2) is 16.6 Å². The molecule has 0 radical (unpaired) electrons. The summed E-state index contributed by atoms with van der Waals surface area (Å²) in [5.41, 5.74) is 9.55. The molecule has 2 rings (SSSR count). The Balaban J connectivity index is 2.21. The molecule has 1 aromatic carbocycles. The van der Waals surface area contributed by atoms with E-state index in [4.69, 9.17) is 15.2 Å². The van der Waals surface area contributed by atoms with E-state index in [2.05, 4.69) is 22.7 Å². The summed E-state index contributed by atoms with van der Waals surface area (Å²) in [6.45, 7) is 3.01. The monoisotopic (exact) mass is 251 g/mol. The number of fused-ring (bicyclic) bond motifs is 1. The number of nitrogens with zero attached hydrogens (tertiary/aromatic N) is 1. The molecule has 1 aliphatic rings. The number of rotatable bonds is 2. The van der Waals surface area contributed by atoms with Crippen LogP contribution in [0.25, 0.3) is 0 Å². The third kappa shape index (κ3) is 2.85. The number of nitrogens with one attached hydrogen (secondary N) is 1. The van der Waals surface area contributed by atoms with Gasteiger partial charge in [0.05, 0.1) is 5.71 Å². The number of nitrogens with two attached hydrogens (primary N) is 1. The van der Waals surface area contributed by atoms with Gasteiger partial charge in [-0.15, -0.1) is 0 Å². The quantitative estimate of drug-likeness (QED) is 0.466. The van der Waals surface area contributed by atoms with Gasteiger partial charge in [-0.2, -0.15) is 5.10 Å². The summed E-state index contributed by atoms with van der Waals surface area (Å²) in [5, 5.41) is 4.19. The lowest BCUT2D eigenvalue weighted by molar-refractivity contribution is 0.171. The fourth-order valence-electron chi connectivity index (χ4n) is 1.47. The molecule has 0 saturated carbocycles. The van der Waals surface area contributed by atoms with Gasteiger partial charge in [0.25, 0.3) is 0 Å². The Kier molecular flexibility index (Phi) is 3.43. The Labute approximate surface area is 105 Å². The van der Waals surface area contributed by atoms with Crippen molar-refractivity contribution in [1.29, 1.82) is 0 Å². The highest BCUT2D eigenvalue weighted by molar-refractivity contribution is 7.80. The van der Waals surface area contributed by atoms with E-state index < -0.39 is 0 Å². The number of thiocarbonyl (C=S) groups is 1. The van der Waals surface area contributed by atoms with E-state index in [9.17, 15) is 0 Å². The second kappa shape index (κ2) is 5.01. The molecule has 1 heterocycles. The highest BCUT2D eigenvalue weighted by Crippen LogP contribution is 2.30. The van der Waals surface area contributed by atoms with Crippen molar-refractivity contribution >= 4 is 23.0 Å². The minimum absolute atomic E-state index is 0.141. The zero-order chi connectivity index (χ0) is 12.3. The average molecular weight is 251 g/mol. The van der Waals surface area contributed by atoms with Crippen LogP contribution in [0.4, 0.5) is 0 Å². The lowest BCUT2D eigenvalue weighted by Gasteiger charge is -2.18. The predicted molar refractivity (Wildman–Crippen MR) is 69.6 cm³/mol. The van der Waals surface area contributed by atoms with Gasteiger partial charge < -0.3 is 15.2 Å². The number of hydrogen-bond acceptors (Lipinski definition) is 4. The molecule has 0 amide bonds. The van der Waals surface area contributed by atoms with Crippen molar-refractivity contribution in [1.82, 2.24) is 5.43 Å². The molecular formula is C11H13N3O2S. The molecule has 1 aliphatic heterocycles. The van der Waals surface area contributed by atoms with E-state index >= 15 is 0 Å². The lowest BCUT2D eigenvalue weighted by Crippen LogP contribution is -2.25. The van der Waals surface area contributed by atoms with Gasteiger partial charge >= 0.3 is 0 Å². The first-order chi connectivity index (χ1) is 8.16. The number of ether oxygens (including phenoxy) is 2. The molecule has 0 atom stereocenters. The first-order valence-corrected chi connectivity index (χ1v) is 5.57. The molecule has 0 fully saturated rings. The summed E-state index contributed by atoms with van der Waals surface area (Å²) in [6, 6.07) is 5.66. The SMILES string of the molecule is C/C(=N/NC(N)=S)c1ccc2c(c1)OCCO2. The Morgan fingerprint density at radius 1 is 1.35 bits per heavy atom. The normalized spacial score (nSPS) is 14.3. The van der Waals surface area contributed by atoms with Crippen LogP contribution < -0.4 is 20.6 Å². The van der Waals surface area contributed by atoms with E-state index in [1.807, 2.05) is 25.1 Å². The van der Waals surface area contributed by atoms with Crippen molar-refractivity contribution in [2.75, 3.05) is 13.2 Å². The Morgan fingerprint density at radius 3 is 2.76 bits per heavy atom. The van der Waals surface area contributed by atoms with Crippen LogP contribution in [-0.4, -0.2) is 24.0 Å². The second-order valence-corrected chi connectivity index (χ2v) is 3.97. The van der Waals surface area contributed by atoms with Crippen LogP contribution in [0.15, 0.2) is 23.3 Å². The fourth-order valence-corrected chi connectivity index (χ4v) is 1.52. The van der Waals surface area contributed by atoms with Crippen molar-refractivity contribution in [3.8, 4) is 11.5 Å². The van der Waals surface area contributed by atoms with Crippen molar-refractivity contribution in [3.63, 3.8) is 0 Å². The van der Waals surface area contributed by atoms with Crippen LogP contribution >= 0.6 is 12.2 Å². The topological polar surface area (TPSA) is 68.9 Å². The molecule has 0 bridgehead atoms. The third-order valence-electron chi connectivity index (χ3n) is 2.29. The van der Waals surface area contributed by atoms with Crippen LogP contribution in [0.2, 0.25) is 0 Å². The summed E-state index contributed by atoms with van der Waals surface area (Å²) in [6.07, 6.45) is 0. The van der Waals surface area contributed by atoms with Crippen molar-refractivity contribution < 1.29 is 9.47 Å². The molecule has 0 aliphatic carbocycles. The smallest absolute Gasteiger partial charge is 0.184 e. The van der Waals surface area contributed by atoms with E-state index in [-0.39, 0.29) is 5.11 Å². The van der Waals surface area contributed by atoms with E-state index in [0.29, 0.717) is 13.2 Å². The number of hydrazone groups is 1. The van der Waals surface area contributed by atoms with Gasteiger partial charge in [-0.3, -0.25) is 5.43 Å². The maximum atomic E-state index is 5.49. The number of benzene rings is 1. The highest BCUT2D eigenvalue weighted by Gasteiger charge is 2.12. The Morgan fingerprint density at radius 2 is 2.06 bits per heavy atom. The maximum Gasteiger partial charge on any atom is 0.184 e. The molecule has 0 aromatic heterocycles. The van der Waals surface area contributed by atoms with Gasteiger partial charge in [-0.05, 0) is 37.3 Å². The summed E-state index contributed by atoms with van der Waals surface area (Å²) in [7, 11) is 0. The standard InChI is InChI=1S/C11H13N3O2S/c1-7(13-14-11(12)17)8-2-3-9-10(6-8)16-5-4-15-9/h2-3,6H,4-5H2,1H3,(H3,12,14,17)/b13-7-. The molecule has 17 heavy (non-hydrogen) atoms. The van der Waals surface area contributed by atoms with Gasteiger partial charge in [0.1, 0.15) is 13.2 Å². The minimum atomic E-state index is 0.141. The van der Waals surface area contributed by atoms with E-state index in [1.54, 1.807) is 0 Å². The molecular weight excluding hydrogens is 238 g/mol.